The van der Waals surface area contributed by atoms with E-state index < -0.39 is 11.6 Å². The van der Waals surface area contributed by atoms with Crippen molar-refractivity contribution >= 4 is 22.5 Å². The van der Waals surface area contributed by atoms with E-state index in [-0.39, 0.29) is 10.9 Å². The van der Waals surface area contributed by atoms with Crippen molar-refractivity contribution in [2.45, 2.75) is 14.7 Å². The van der Waals surface area contributed by atoms with Gasteiger partial charge in [-0.2, -0.15) is 0 Å². The Balaban J connectivity index is 1.66. The summed E-state index contributed by atoms with van der Waals surface area (Å²) in [6.07, 6.45) is 0. The predicted octanol–water partition coefficient (Wildman–Crippen LogP) is 5.85. The molecule has 29 heavy (non-hydrogen) atoms. The molecule has 0 heterocycles. The van der Waals surface area contributed by atoms with Gasteiger partial charge in [0.25, 0.3) is 0 Å². The Bertz CT molecular complexity index is 1070. The van der Waals surface area contributed by atoms with Gasteiger partial charge in [-0.3, -0.25) is 9.59 Å². The number of hydrogen-bond donors (Lipinski definition) is 0. The van der Waals surface area contributed by atoms with Crippen LogP contribution in [0, 0.1) is 0 Å². The van der Waals surface area contributed by atoms with E-state index in [9.17, 15) is 9.59 Å². The van der Waals surface area contributed by atoms with Crippen molar-refractivity contribution in [2.75, 3.05) is 0 Å². The van der Waals surface area contributed by atoms with E-state index in [1.165, 1.54) is 9.79 Å². The lowest BCUT2D eigenvalue weighted by Gasteiger charge is -2.08. The molecule has 0 saturated heterocycles. The summed E-state index contributed by atoms with van der Waals surface area (Å²) in [6.45, 7) is 0. The summed E-state index contributed by atoms with van der Waals surface area (Å²) < 4.78 is 0. The van der Waals surface area contributed by atoms with Crippen molar-refractivity contribution in [1.29, 1.82) is 0 Å². The molecule has 0 aromatic heterocycles. The zero-order valence-corrected chi connectivity index (χ0v) is 16.5. The van der Waals surface area contributed by atoms with Crippen LogP contribution >= 0.6 is 0 Å². The summed E-state index contributed by atoms with van der Waals surface area (Å²) in [6, 6.07) is 36.7. The van der Waals surface area contributed by atoms with Gasteiger partial charge in [0.05, 0.1) is 10.9 Å². The van der Waals surface area contributed by atoms with E-state index in [2.05, 4.69) is 24.3 Å². The molecule has 4 rings (SSSR count). The third-order valence-corrected chi connectivity index (χ3v) is 6.78. The van der Waals surface area contributed by atoms with E-state index in [0.29, 0.717) is 11.1 Å². The van der Waals surface area contributed by atoms with Crippen LogP contribution in [0.25, 0.3) is 0 Å². The zero-order chi connectivity index (χ0) is 20.1. The van der Waals surface area contributed by atoms with E-state index in [1.807, 2.05) is 54.6 Å². The van der Waals surface area contributed by atoms with Crippen molar-refractivity contribution < 1.29 is 9.59 Å². The third kappa shape index (κ3) is 4.20. The molecule has 0 atom stereocenters. The Kier molecular flexibility index (Phi) is 5.68. The maximum Gasteiger partial charge on any atom is 0.233 e. The lowest BCUT2D eigenvalue weighted by atomic mass is 10.0. The number of carbonyl (C=O) groups is 2. The van der Waals surface area contributed by atoms with Crippen molar-refractivity contribution in [1.82, 2.24) is 0 Å². The Morgan fingerprint density at radius 2 is 0.759 bits per heavy atom. The minimum Gasteiger partial charge on any atom is -0.285 e. The molecule has 2 nitrogen and oxygen atoms in total. The van der Waals surface area contributed by atoms with Crippen molar-refractivity contribution in [3.05, 3.63) is 126 Å². The molecule has 0 bridgehead atoms. The maximum absolute atomic E-state index is 12.6. The average molecular weight is 396 g/mol. The molecule has 0 aliphatic rings. The molecular weight excluding hydrogens is 376 g/mol. The Morgan fingerprint density at radius 3 is 1.21 bits per heavy atom. The van der Waals surface area contributed by atoms with Crippen molar-refractivity contribution in [3.8, 4) is 0 Å². The minimum absolute atomic E-state index is 0.279. The molecule has 0 radical (unpaired) electrons. The van der Waals surface area contributed by atoms with E-state index >= 15 is 0 Å². The van der Waals surface area contributed by atoms with Gasteiger partial charge in [-0.05, 0) is 48.5 Å². The monoisotopic (exact) mass is 395 g/mol. The van der Waals surface area contributed by atoms with Gasteiger partial charge in [-0.15, -0.1) is 0 Å². The number of carbonyl (C=O) groups excluding carboxylic acids is 2. The average Bonchev–Trinajstić information content (AvgIpc) is 2.81. The van der Waals surface area contributed by atoms with Gasteiger partial charge in [0.15, 0.2) is 14.7 Å². The van der Waals surface area contributed by atoms with Crippen LogP contribution in [0.1, 0.15) is 20.7 Å². The first-order valence-corrected chi connectivity index (χ1v) is 10.5. The van der Waals surface area contributed by atoms with Gasteiger partial charge in [-0.25, -0.2) is 0 Å². The topological polar surface area (TPSA) is 34.1 Å². The van der Waals surface area contributed by atoms with Crippen LogP contribution in [-0.2, 0) is 10.9 Å². The van der Waals surface area contributed by atoms with E-state index in [0.717, 1.165) is 4.90 Å². The lowest BCUT2D eigenvalue weighted by molar-refractivity contribution is 0.0817. The predicted molar refractivity (Wildman–Crippen MR) is 117 cm³/mol. The summed E-state index contributed by atoms with van der Waals surface area (Å²) >= 11 is 0. The molecule has 0 aliphatic heterocycles. The fourth-order valence-corrected chi connectivity index (χ4v) is 5.20. The van der Waals surface area contributed by atoms with Gasteiger partial charge in [0, 0.05) is 11.1 Å². The van der Waals surface area contributed by atoms with Gasteiger partial charge < -0.3 is 0 Å². The van der Waals surface area contributed by atoms with Crippen LogP contribution in [0.4, 0.5) is 0 Å². The number of hydrogen-bond acceptors (Lipinski definition) is 2. The Morgan fingerprint density at radius 1 is 0.414 bits per heavy atom. The van der Waals surface area contributed by atoms with Gasteiger partial charge >= 0.3 is 0 Å². The highest BCUT2D eigenvalue weighted by Crippen LogP contribution is 2.31. The van der Waals surface area contributed by atoms with Gasteiger partial charge in [0.1, 0.15) is 0 Å². The lowest BCUT2D eigenvalue weighted by Crippen LogP contribution is -2.14. The molecule has 0 aliphatic carbocycles. The summed E-state index contributed by atoms with van der Waals surface area (Å²) in [7, 11) is -0.279. The largest absolute Gasteiger partial charge is 0.285 e. The number of Topliss-reactive ketones (excluding diaryl/α,β-unsaturated/α-hetero) is 2. The molecule has 3 heteroatoms. The highest BCUT2D eigenvalue weighted by molar-refractivity contribution is 7.97. The quantitative estimate of drug-likeness (QED) is 0.233. The van der Waals surface area contributed by atoms with Crippen LogP contribution in [0.2, 0.25) is 0 Å². The van der Waals surface area contributed by atoms with Gasteiger partial charge in [0.2, 0.25) is 11.6 Å². The molecule has 0 spiro atoms. The van der Waals surface area contributed by atoms with Crippen LogP contribution in [0.5, 0.6) is 0 Å². The molecule has 4 aromatic rings. The molecule has 0 unspecified atom stereocenters. The molecule has 0 fully saturated rings. The van der Waals surface area contributed by atoms with Crippen LogP contribution in [0.3, 0.4) is 0 Å². The summed E-state index contributed by atoms with van der Waals surface area (Å²) in [5, 5.41) is 0. The van der Waals surface area contributed by atoms with Crippen molar-refractivity contribution in [3.63, 3.8) is 0 Å². The molecular formula is C26H19O2S+. The smallest absolute Gasteiger partial charge is 0.233 e. The van der Waals surface area contributed by atoms with Crippen LogP contribution in [0.15, 0.2) is 130 Å². The molecule has 0 amide bonds. The summed E-state index contributed by atoms with van der Waals surface area (Å²) in [5.41, 5.74) is 0.821. The SMILES string of the molecule is O=C(C(=O)c1ccc([S+](c2ccccc2)c2ccccc2)cc1)c1ccccc1. The second-order valence-corrected chi connectivity index (χ2v) is 8.51. The molecule has 0 N–H and O–H groups in total. The summed E-state index contributed by atoms with van der Waals surface area (Å²) in [4.78, 5) is 28.6. The highest BCUT2D eigenvalue weighted by atomic mass is 32.2. The Hall–Kier alpha value is -3.43. The minimum atomic E-state index is -0.484. The van der Waals surface area contributed by atoms with E-state index in [4.69, 9.17) is 0 Å². The fraction of sp³-hybridized carbons (Fsp3) is 0. The second-order valence-electron chi connectivity index (χ2n) is 6.48. The van der Waals surface area contributed by atoms with E-state index in [1.54, 1.807) is 36.4 Å². The first kappa shape index (κ1) is 18.9. The maximum atomic E-state index is 12.6. The Labute approximate surface area is 173 Å². The standard InChI is InChI=1S/C26H19O2S/c27-25(20-10-4-1-5-11-20)26(28)21-16-18-24(19-17-21)29(22-12-6-2-7-13-22)23-14-8-3-9-15-23/h1-19H/q+1. The number of rotatable bonds is 6. The normalized spacial score (nSPS) is 10.7. The molecule has 0 saturated carbocycles. The van der Waals surface area contributed by atoms with Crippen LogP contribution < -0.4 is 0 Å². The fourth-order valence-electron chi connectivity index (χ4n) is 3.12. The highest BCUT2D eigenvalue weighted by Gasteiger charge is 2.28. The van der Waals surface area contributed by atoms with Crippen molar-refractivity contribution in [2.24, 2.45) is 0 Å². The second kappa shape index (κ2) is 8.72. The van der Waals surface area contributed by atoms with Gasteiger partial charge in [-0.1, -0.05) is 66.7 Å². The number of ketones is 2. The summed E-state index contributed by atoms with van der Waals surface area (Å²) in [5.74, 6) is -0.967. The van der Waals surface area contributed by atoms with Crippen LogP contribution in [-0.4, -0.2) is 11.6 Å². The number of benzene rings is 4. The molecule has 4 aromatic carbocycles. The zero-order valence-electron chi connectivity index (χ0n) is 15.7. The molecule has 140 valence electrons. The first-order valence-electron chi connectivity index (χ1n) is 9.32. The first-order chi connectivity index (χ1) is 14.2. The third-order valence-electron chi connectivity index (χ3n) is 4.55.